The number of anilines is 3. The highest BCUT2D eigenvalue weighted by atomic mass is 19.1. The van der Waals surface area contributed by atoms with Gasteiger partial charge in [-0.05, 0) is 50.8 Å². The quantitative estimate of drug-likeness (QED) is 0.395. The summed E-state index contributed by atoms with van der Waals surface area (Å²) in [6, 6.07) is 3.07. The van der Waals surface area contributed by atoms with Gasteiger partial charge >= 0.3 is 12.2 Å². The molecule has 12 nitrogen and oxygen atoms in total. The Morgan fingerprint density at radius 2 is 1.88 bits per heavy atom. The highest BCUT2D eigenvalue weighted by Crippen LogP contribution is 2.40. The lowest BCUT2D eigenvalue weighted by Crippen LogP contribution is -2.28. The molecule has 0 aliphatic carbocycles. The molecule has 3 N–H and O–H groups in total. The van der Waals surface area contributed by atoms with Gasteiger partial charge in [0.1, 0.15) is 23.2 Å². The van der Waals surface area contributed by atoms with Crippen molar-refractivity contribution in [1.82, 2.24) is 9.97 Å². The molecular formula is C28H30FN5O7. The van der Waals surface area contributed by atoms with E-state index in [2.05, 4.69) is 25.9 Å². The SMILES string of the molecule is Cc1c(-c2cc3cc(NC(=O)OC4COCC4C)ncc3c(NC(=O)OC(C)(C)C)c2F)cnc2c1NC(=O)CO2. The summed E-state index contributed by atoms with van der Waals surface area (Å²) in [7, 11) is 0. The van der Waals surface area contributed by atoms with Gasteiger partial charge in [-0.15, -0.1) is 0 Å². The van der Waals surface area contributed by atoms with Crippen molar-refractivity contribution in [1.29, 1.82) is 0 Å². The Balaban J connectivity index is 1.56. The Bertz CT molecular complexity index is 1560. The lowest BCUT2D eigenvalue weighted by atomic mass is 9.96. The van der Waals surface area contributed by atoms with E-state index in [9.17, 15) is 14.4 Å². The van der Waals surface area contributed by atoms with Gasteiger partial charge in [0, 0.05) is 34.8 Å². The molecule has 41 heavy (non-hydrogen) atoms. The molecule has 0 radical (unpaired) electrons. The lowest BCUT2D eigenvalue weighted by molar-refractivity contribution is -0.118. The second kappa shape index (κ2) is 10.8. The highest BCUT2D eigenvalue weighted by Gasteiger charge is 2.29. The van der Waals surface area contributed by atoms with E-state index in [1.807, 2.05) is 6.92 Å². The predicted molar refractivity (Wildman–Crippen MR) is 148 cm³/mol. The largest absolute Gasteiger partial charge is 0.466 e. The molecule has 1 fully saturated rings. The van der Waals surface area contributed by atoms with E-state index < -0.39 is 23.6 Å². The number of aromatic nitrogens is 2. The van der Waals surface area contributed by atoms with Crippen molar-refractivity contribution >= 4 is 46.1 Å². The number of carbonyl (C=O) groups is 3. The van der Waals surface area contributed by atoms with Crippen LogP contribution in [0.1, 0.15) is 33.3 Å². The average molecular weight is 568 g/mol. The number of amides is 3. The summed E-state index contributed by atoms with van der Waals surface area (Å²) in [6.07, 6.45) is 0.798. The molecule has 2 aliphatic heterocycles. The second-order valence-corrected chi connectivity index (χ2v) is 10.9. The number of pyridine rings is 2. The van der Waals surface area contributed by atoms with Crippen LogP contribution in [0.15, 0.2) is 24.5 Å². The van der Waals surface area contributed by atoms with Crippen molar-refractivity contribution in [3.8, 4) is 17.0 Å². The number of halogens is 1. The Labute approximate surface area is 234 Å². The molecule has 13 heteroatoms. The second-order valence-electron chi connectivity index (χ2n) is 10.9. The lowest BCUT2D eigenvalue weighted by Gasteiger charge is -2.22. The van der Waals surface area contributed by atoms with Gasteiger partial charge in [0.15, 0.2) is 12.4 Å². The molecule has 1 saturated heterocycles. The minimum absolute atomic E-state index is 0.0565. The van der Waals surface area contributed by atoms with Gasteiger partial charge < -0.3 is 24.3 Å². The number of carbonyl (C=O) groups excluding carboxylic acids is 3. The summed E-state index contributed by atoms with van der Waals surface area (Å²) in [4.78, 5) is 45.7. The summed E-state index contributed by atoms with van der Waals surface area (Å²) in [5.74, 6) is -0.710. The first-order valence-electron chi connectivity index (χ1n) is 13.0. The van der Waals surface area contributed by atoms with Gasteiger partial charge in [-0.1, -0.05) is 6.92 Å². The molecule has 1 aromatic carbocycles. The van der Waals surface area contributed by atoms with Crippen molar-refractivity contribution in [2.75, 3.05) is 35.8 Å². The van der Waals surface area contributed by atoms with Gasteiger partial charge in [0.2, 0.25) is 5.88 Å². The summed E-state index contributed by atoms with van der Waals surface area (Å²) in [5.41, 5.74) is 0.249. The summed E-state index contributed by atoms with van der Waals surface area (Å²) in [6.45, 7) is 9.31. The Morgan fingerprint density at radius 3 is 2.59 bits per heavy atom. The van der Waals surface area contributed by atoms with Crippen molar-refractivity contribution in [2.24, 2.45) is 5.92 Å². The van der Waals surface area contributed by atoms with Gasteiger partial charge in [0.25, 0.3) is 5.91 Å². The first-order chi connectivity index (χ1) is 19.4. The van der Waals surface area contributed by atoms with E-state index in [1.165, 1.54) is 24.5 Å². The van der Waals surface area contributed by atoms with E-state index in [1.54, 1.807) is 27.7 Å². The minimum Gasteiger partial charge on any atom is -0.466 e. The van der Waals surface area contributed by atoms with Crippen LogP contribution in [0.2, 0.25) is 0 Å². The third-order valence-electron chi connectivity index (χ3n) is 6.57. The molecule has 2 atom stereocenters. The number of benzene rings is 1. The van der Waals surface area contributed by atoms with Crippen LogP contribution in [0, 0.1) is 18.7 Å². The minimum atomic E-state index is -0.866. The first kappa shape index (κ1) is 28.0. The van der Waals surface area contributed by atoms with Gasteiger partial charge in [-0.25, -0.2) is 23.9 Å². The van der Waals surface area contributed by atoms with E-state index in [4.69, 9.17) is 18.9 Å². The van der Waals surface area contributed by atoms with E-state index >= 15 is 4.39 Å². The average Bonchev–Trinajstić information content (AvgIpc) is 3.29. The number of hydrogen-bond acceptors (Lipinski definition) is 9. The number of nitrogens with one attached hydrogen (secondary N) is 3. The Kier molecular flexibility index (Phi) is 7.39. The van der Waals surface area contributed by atoms with Crippen molar-refractivity contribution < 1.29 is 37.7 Å². The van der Waals surface area contributed by atoms with Crippen LogP contribution in [0.25, 0.3) is 21.9 Å². The predicted octanol–water partition coefficient (Wildman–Crippen LogP) is 5.01. The van der Waals surface area contributed by atoms with Crippen LogP contribution < -0.4 is 20.7 Å². The first-order valence-corrected chi connectivity index (χ1v) is 13.0. The molecule has 2 unspecified atom stereocenters. The number of hydrogen-bond donors (Lipinski definition) is 3. The molecule has 216 valence electrons. The van der Waals surface area contributed by atoms with Crippen LogP contribution in [0.3, 0.4) is 0 Å². The number of ether oxygens (including phenoxy) is 4. The van der Waals surface area contributed by atoms with Crippen LogP contribution >= 0.6 is 0 Å². The zero-order chi connectivity index (χ0) is 29.5. The van der Waals surface area contributed by atoms with Crippen LogP contribution in [-0.2, 0) is 19.0 Å². The molecule has 3 aromatic rings. The molecule has 0 saturated carbocycles. The van der Waals surface area contributed by atoms with Gasteiger partial charge in [-0.2, -0.15) is 0 Å². The zero-order valence-corrected chi connectivity index (χ0v) is 23.2. The van der Waals surface area contributed by atoms with E-state index in [0.717, 1.165) is 0 Å². The zero-order valence-electron chi connectivity index (χ0n) is 23.2. The number of nitrogens with zero attached hydrogens (tertiary/aromatic N) is 2. The Morgan fingerprint density at radius 1 is 1.10 bits per heavy atom. The smallest absolute Gasteiger partial charge is 0.413 e. The van der Waals surface area contributed by atoms with Gasteiger partial charge in [-0.3, -0.25) is 15.4 Å². The Hall–Kier alpha value is -4.52. The third kappa shape index (κ3) is 5.99. The van der Waals surface area contributed by atoms with Gasteiger partial charge in [0.05, 0.1) is 18.9 Å². The van der Waals surface area contributed by atoms with Crippen LogP contribution in [-0.4, -0.2) is 59.6 Å². The molecule has 0 spiro atoms. The molecule has 4 heterocycles. The molecule has 2 aliphatic rings. The highest BCUT2D eigenvalue weighted by molar-refractivity contribution is 6.05. The maximum atomic E-state index is 16.2. The third-order valence-corrected chi connectivity index (χ3v) is 6.57. The van der Waals surface area contributed by atoms with Crippen molar-refractivity contribution in [3.05, 3.63) is 35.9 Å². The maximum absolute atomic E-state index is 16.2. The van der Waals surface area contributed by atoms with Crippen LogP contribution in [0.5, 0.6) is 5.88 Å². The standard InChI is InChI=1S/C28H30FN5O7/c1-13-10-38-11-19(13)40-26(36)32-20-7-15-6-16(17-8-31-25-23(14(17)2)33-21(35)12-39-25)22(29)24(18(15)9-30-20)34-27(37)41-28(3,4)5/h6-9,13,19H,10-12H2,1-5H3,(H,33,35)(H,34,37)(H,30,32,36). The molecular weight excluding hydrogens is 537 g/mol. The summed E-state index contributed by atoms with van der Waals surface area (Å²) >= 11 is 0. The van der Waals surface area contributed by atoms with E-state index in [0.29, 0.717) is 35.4 Å². The van der Waals surface area contributed by atoms with E-state index in [-0.39, 0.29) is 52.9 Å². The topological polar surface area (TPSA) is 150 Å². The molecule has 3 amide bonds. The monoisotopic (exact) mass is 567 g/mol. The number of fused-ring (bicyclic) bond motifs is 2. The van der Waals surface area contributed by atoms with Crippen molar-refractivity contribution in [3.63, 3.8) is 0 Å². The summed E-state index contributed by atoms with van der Waals surface area (Å²) < 4.78 is 37.7. The molecule has 2 aromatic heterocycles. The molecule has 0 bridgehead atoms. The fraction of sp³-hybridized carbons (Fsp3) is 0.393. The normalized spacial score (nSPS) is 18.2. The van der Waals surface area contributed by atoms with Crippen molar-refractivity contribution in [2.45, 2.75) is 46.3 Å². The molecule has 5 rings (SSSR count). The summed E-state index contributed by atoms with van der Waals surface area (Å²) in [5, 5.41) is 8.51. The fourth-order valence-corrected chi connectivity index (χ4v) is 4.54. The fourth-order valence-electron chi connectivity index (χ4n) is 4.54. The van der Waals surface area contributed by atoms with Crippen LogP contribution in [0.4, 0.5) is 31.2 Å². The maximum Gasteiger partial charge on any atom is 0.413 e. The number of rotatable bonds is 4.